The highest BCUT2D eigenvalue weighted by Crippen LogP contribution is 2.40. The Morgan fingerprint density at radius 3 is 1.85 bits per heavy atom. The number of hydrogen-bond donors (Lipinski definition) is 0. The first kappa shape index (κ1) is 30.6. The summed E-state index contributed by atoms with van der Waals surface area (Å²) in [5.41, 5.74) is 14.1. The Labute approximate surface area is 313 Å². The van der Waals surface area contributed by atoms with E-state index in [-0.39, 0.29) is 0 Å². The number of pyridine rings is 1. The van der Waals surface area contributed by atoms with E-state index in [1.54, 1.807) is 0 Å². The maximum atomic E-state index is 5.41. The number of rotatable bonds is 4. The molecular formula is C51H35N3. The second-order valence-corrected chi connectivity index (χ2v) is 14.2. The van der Waals surface area contributed by atoms with Crippen LogP contribution in [-0.2, 0) is 6.42 Å². The summed E-state index contributed by atoms with van der Waals surface area (Å²) in [7, 11) is 0. The zero-order valence-electron chi connectivity index (χ0n) is 29.7. The van der Waals surface area contributed by atoms with Gasteiger partial charge in [0.1, 0.15) is 0 Å². The largest absolute Gasteiger partial charge is 0.313 e. The lowest BCUT2D eigenvalue weighted by Gasteiger charge is -2.13. The molecule has 54 heavy (non-hydrogen) atoms. The molecule has 3 aromatic heterocycles. The first-order valence-electron chi connectivity index (χ1n) is 18.8. The van der Waals surface area contributed by atoms with Gasteiger partial charge in [0, 0.05) is 55.1 Å². The summed E-state index contributed by atoms with van der Waals surface area (Å²) in [6.07, 6.45) is 10.9. The fraction of sp³-hybridized carbons (Fsp3) is 0.0392. The van der Waals surface area contributed by atoms with Gasteiger partial charge in [0.25, 0.3) is 0 Å². The van der Waals surface area contributed by atoms with Crippen LogP contribution in [0, 0.1) is 0 Å². The fourth-order valence-electron chi connectivity index (χ4n) is 8.73. The van der Waals surface area contributed by atoms with Gasteiger partial charge in [-0.05, 0) is 96.1 Å². The molecule has 3 nitrogen and oxygen atoms in total. The predicted octanol–water partition coefficient (Wildman–Crippen LogP) is 13.3. The molecule has 0 amide bonds. The zero-order chi connectivity index (χ0) is 35.6. The number of para-hydroxylation sites is 4. The number of fused-ring (bicyclic) bond motifs is 9. The van der Waals surface area contributed by atoms with Crippen LogP contribution < -0.4 is 0 Å². The highest BCUT2D eigenvalue weighted by Gasteiger charge is 2.20. The molecule has 10 aromatic rings. The van der Waals surface area contributed by atoms with Crippen LogP contribution in [0.25, 0.3) is 94.2 Å². The summed E-state index contributed by atoms with van der Waals surface area (Å²) in [5, 5.41) is 7.28. The Balaban J connectivity index is 1.13. The number of nitrogens with zero attached hydrogens (tertiary/aromatic N) is 3. The van der Waals surface area contributed by atoms with Crippen molar-refractivity contribution in [3.63, 3.8) is 0 Å². The summed E-state index contributed by atoms with van der Waals surface area (Å²) in [6, 6.07) is 59.5. The normalized spacial score (nSPS) is 14.1. The van der Waals surface area contributed by atoms with Crippen molar-refractivity contribution in [2.45, 2.75) is 12.8 Å². The van der Waals surface area contributed by atoms with Crippen LogP contribution in [-0.4, -0.2) is 14.1 Å². The molecule has 0 fully saturated rings. The van der Waals surface area contributed by atoms with Crippen molar-refractivity contribution in [3.05, 3.63) is 193 Å². The molecule has 1 aliphatic rings. The van der Waals surface area contributed by atoms with E-state index >= 15 is 0 Å². The van der Waals surface area contributed by atoms with Gasteiger partial charge in [-0.1, -0.05) is 121 Å². The number of aromatic nitrogens is 3. The minimum atomic E-state index is 0.976. The summed E-state index contributed by atoms with van der Waals surface area (Å²) in [5.74, 6) is 0. The van der Waals surface area contributed by atoms with Crippen molar-refractivity contribution in [2.75, 3.05) is 0 Å². The van der Waals surface area contributed by atoms with Crippen molar-refractivity contribution in [1.29, 1.82) is 0 Å². The molecule has 7 aromatic carbocycles. The first-order valence-corrected chi connectivity index (χ1v) is 18.8. The van der Waals surface area contributed by atoms with Gasteiger partial charge in [0.2, 0.25) is 0 Å². The minimum Gasteiger partial charge on any atom is -0.313 e. The van der Waals surface area contributed by atoms with Gasteiger partial charge in [-0.15, -0.1) is 0 Å². The third kappa shape index (κ3) is 4.79. The molecule has 3 heteroatoms. The fourth-order valence-corrected chi connectivity index (χ4v) is 8.73. The maximum Gasteiger partial charge on any atom is 0.0788 e. The molecule has 0 radical (unpaired) electrons. The third-order valence-electron chi connectivity index (χ3n) is 11.2. The molecule has 0 spiro atoms. The SMILES string of the molecule is C1=C\CCc2c(c3cc(-c4nc5ccccc5c5ccc(-c6ccc7c(c6)c6ccccc6n7-c6ccccc6)cc45)ccc3n2-c2ccccc2)\C=C/1. The van der Waals surface area contributed by atoms with Crippen molar-refractivity contribution in [1.82, 2.24) is 14.1 Å². The Kier molecular flexibility index (Phi) is 6.99. The quantitative estimate of drug-likeness (QED) is 0.169. The van der Waals surface area contributed by atoms with Gasteiger partial charge in [0.15, 0.2) is 0 Å². The average Bonchev–Trinajstić information content (AvgIpc) is 3.71. The standard InChI is InChI=1S/C51H35N3/c1-2-10-23-47-41(20-9-1)44-33-36(27-30-50(44)53(47)37-15-5-3-6-16-37)51-45-32-34(25-28-39(45)40-19-11-13-22-46(40)52-51)35-26-29-49-43(31-35)42-21-12-14-24-48(42)54(49)38-17-7-4-8-18-38/h1-9,11-22,24-33H,10,23H2/b2-1-,20-9-. The molecule has 254 valence electrons. The summed E-state index contributed by atoms with van der Waals surface area (Å²) in [4.78, 5) is 5.41. The van der Waals surface area contributed by atoms with Gasteiger partial charge < -0.3 is 9.13 Å². The molecule has 11 rings (SSSR count). The first-order chi connectivity index (χ1) is 26.8. The van der Waals surface area contributed by atoms with Crippen LogP contribution >= 0.6 is 0 Å². The molecule has 0 bridgehead atoms. The number of allylic oxidation sites excluding steroid dienone is 3. The van der Waals surface area contributed by atoms with E-state index in [0.29, 0.717) is 0 Å². The lowest BCUT2D eigenvalue weighted by atomic mass is 9.94. The molecule has 0 aliphatic heterocycles. The number of hydrogen-bond acceptors (Lipinski definition) is 1. The maximum absolute atomic E-state index is 5.41. The van der Waals surface area contributed by atoms with E-state index in [2.05, 4.69) is 197 Å². The molecular weight excluding hydrogens is 655 g/mol. The monoisotopic (exact) mass is 689 g/mol. The number of benzene rings is 7. The van der Waals surface area contributed by atoms with Crippen LogP contribution in [0.5, 0.6) is 0 Å². The van der Waals surface area contributed by atoms with E-state index < -0.39 is 0 Å². The Hall–Kier alpha value is -6.97. The van der Waals surface area contributed by atoms with Gasteiger partial charge in [-0.2, -0.15) is 0 Å². The van der Waals surface area contributed by atoms with Crippen LogP contribution in [0.3, 0.4) is 0 Å². The van der Waals surface area contributed by atoms with Crippen molar-refractivity contribution in [3.8, 4) is 33.8 Å². The Morgan fingerprint density at radius 2 is 1.04 bits per heavy atom. The van der Waals surface area contributed by atoms with E-state index in [1.165, 1.54) is 77.2 Å². The van der Waals surface area contributed by atoms with Crippen LogP contribution in [0.2, 0.25) is 0 Å². The molecule has 0 N–H and O–H groups in total. The topological polar surface area (TPSA) is 22.8 Å². The molecule has 0 saturated carbocycles. The van der Waals surface area contributed by atoms with Gasteiger partial charge >= 0.3 is 0 Å². The van der Waals surface area contributed by atoms with Crippen LogP contribution in [0.4, 0.5) is 0 Å². The van der Waals surface area contributed by atoms with E-state index in [0.717, 1.165) is 35.0 Å². The smallest absolute Gasteiger partial charge is 0.0788 e. The lowest BCUT2D eigenvalue weighted by Crippen LogP contribution is -2.01. The zero-order valence-corrected chi connectivity index (χ0v) is 29.7. The van der Waals surface area contributed by atoms with E-state index in [1.807, 2.05) is 0 Å². The Morgan fingerprint density at radius 1 is 0.426 bits per heavy atom. The minimum absolute atomic E-state index is 0.976. The molecule has 0 unspecified atom stereocenters. The Bertz CT molecular complexity index is 3140. The highest BCUT2D eigenvalue weighted by molar-refractivity contribution is 6.14. The van der Waals surface area contributed by atoms with Crippen molar-refractivity contribution in [2.24, 2.45) is 0 Å². The van der Waals surface area contributed by atoms with Crippen molar-refractivity contribution >= 4 is 60.5 Å². The van der Waals surface area contributed by atoms with E-state index in [4.69, 9.17) is 4.98 Å². The van der Waals surface area contributed by atoms with E-state index in [9.17, 15) is 0 Å². The van der Waals surface area contributed by atoms with Gasteiger partial charge in [0.05, 0.1) is 27.8 Å². The highest BCUT2D eigenvalue weighted by atomic mass is 15.0. The average molecular weight is 690 g/mol. The molecule has 1 aliphatic carbocycles. The third-order valence-corrected chi connectivity index (χ3v) is 11.2. The predicted molar refractivity (Wildman–Crippen MR) is 228 cm³/mol. The molecule has 3 heterocycles. The molecule has 0 saturated heterocycles. The molecule has 0 atom stereocenters. The van der Waals surface area contributed by atoms with Crippen LogP contribution in [0.15, 0.2) is 182 Å². The van der Waals surface area contributed by atoms with Gasteiger partial charge in [-0.3, -0.25) is 0 Å². The van der Waals surface area contributed by atoms with Gasteiger partial charge in [-0.25, -0.2) is 4.98 Å². The summed E-state index contributed by atoms with van der Waals surface area (Å²) < 4.78 is 4.82. The summed E-state index contributed by atoms with van der Waals surface area (Å²) in [6.45, 7) is 0. The second kappa shape index (κ2) is 12.3. The summed E-state index contributed by atoms with van der Waals surface area (Å²) >= 11 is 0. The van der Waals surface area contributed by atoms with Crippen molar-refractivity contribution < 1.29 is 0 Å². The van der Waals surface area contributed by atoms with Crippen LogP contribution in [0.1, 0.15) is 17.7 Å². The second-order valence-electron chi connectivity index (χ2n) is 14.2. The lowest BCUT2D eigenvalue weighted by molar-refractivity contribution is 0.896.